The fourth-order valence-corrected chi connectivity index (χ4v) is 8.54. The summed E-state index contributed by atoms with van der Waals surface area (Å²) in [6, 6.07) is 48.1. The lowest BCUT2D eigenvalue weighted by molar-refractivity contribution is -0.256. The van der Waals surface area contributed by atoms with Crippen molar-refractivity contribution >= 4 is 25.8 Å². The van der Waals surface area contributed by atoms with Gasteiger partial charge >= 0.3 is 0 Å². The van der Waals surface area contributed by atoms with Crippen molar-refractivity contribution in [3.8, 4) is 0 Å². The van der Waals surface area contributed by atoms with Crippen LogP contribution < -0.4 is 0 Å². The Hall–Kier alpha value is -3.67. The third-order valence-corrected chi connectivity index (χ3v) is 12.5. The number of hydrogen-bond acceptors (Lipinski definition) is 7. The summed E-state index contributed by atoms with van der Waals surface area (Å²) in [7, 11) is -4.11. The van der Waals surface area contributed by atoms with Crippen molar-refractivity contribution in [1.29, 1.82) is 0 Å². The molecule has 1 saturated heterocycles. The average Bonchev–Trinajstić information content (AvgIpc) is 3.17. The molecule has 0 aromatic heterocycles. The molecule has 1 unspecified atom stereocenters. The molecule has 1 aliphatic heterocycles. The molecule has 0 spiro atoms. The Labute approximate surface area is 303 Å². The fourth-order valence-electron chi connectivity index (χ4n) is 5.92. The van der Waals surface area contributed by atoms with Crippen LogP contribution in [0.4, 0.5) is 0 Å². The molecule has 0 saturated carbocycles. The van der Waals surface area contributed by atoms with Gasteiger partial charge in [-0.2, -0.15) is 0 Å². The van der Waals surface area contributed by atoms with Gasteiger partial charge in [0.05, 0.1) is 33.0 Å². The Morgan fingerprint density at radius 3 is 1.36 bits per heavy atom. The molecule has 0 bridgehead atoms. The van der Waals surface area contributed by atoms with Gasteiger partial charge in [-0.1, -0.05) is 168 Å². The maximum atomic E-state index is 14.7. The van der Waals surface area contributed by atoms with Gasteiger partial charge in [-0.05, 0) is 27.8 Å². The van der Waals surface area contributed by atoms with Crippen LogP contribution in [0.15, 0.2) is 152 Å². The Morgan fingerprint density at radius 2 is 0.900 bits per heavy atom. The van der Waals surface area contributed by atoms with Crippen LogP contribution in [0.25, 0.3) is 0 Å². The topological polar surface area (TPSA) is 80.3 Å². The Bertz CT molecular complexity index is 1810. The average molecular weight is 758 g/mol. The van der Waals surface area contributed by atoms with E-state index in [-0.39, 0.29) is 26.4 Å². The largest absolute Gasteiger partial charge is 0.374 e. The first-order valence-corrected chi connectivity index (χ1v) is 19.2. The highest BCUT2D eigenvalue weighted by atomic mass is 79.9. The van der Waals surface area contributed by atoms with Crippen LogP contribution in [0.5, 0.6) is 0 Å². The van der Waals surface area contributed by atoms with E-state index in [4.69, 9.17) is 23.7 Å². The summed E-state index contributed by atoms with van der Waals surface area (Å²) in [6.07, 6.45) is -3.46. The minimum Gasteiger partial charge on any atom is -0.374 e. The molecular formula is C41H41BrO7S. The van der Waals surface area contributed by atoms with E-state index in [1.54, 1.807) is 12.1 Å². The number of hydrogen-bond donors (Lipinski definition) is 0. The molecule has 50 heavy (non-hydrogen) atoms. The van der Waals surface area contributed by atoms with Gasteiger partial charge in [0.25, 0.3) is 0 Å². The molecule has 5 aromatic rings. The lowest BCUT2D eigenvalue weighted by Gasteiger charge is -2.46. The molecular weight excluding hydrogens is 716 g/mol. The monoisotopic (exact) mass is 756 g/mol. The van der Waals surface area contributed by atoms with Crippen LogP contribution in [0.1, 0.15) is 32.0 Å². The van der Waals surface area contributed by atoms with Crippen molar-refractivity contribution < 1.29 is 32.1 Å². The summed E-state index contributed by atoms with van der Waals surface area (Å²) in [5, 5.41) is 0. The van der Waals surface area contributed by atoms with Crippen LogP contribution in [0.2, 0.25) is 0 Å². The normalized spacial score (nSPS) is 21.4. The summed E-state index contributed by atoms with van der Waals surface area (Å²) in [5.41, 5.74) is 2.93. The molecule has 6 rings (SSSR count). The SMILES string of the molecule is O=S(=O)(C(Br)c1ccccc1)[C@@H]1O[C@H](COCc2ccccc2)[C@@H](OCc2ccccc2)[C@H](OCc2ccccc2)[C@H]1OCc1ccccc1. The number of rotatable bonds is 16. The third kappa shape index (κ3) is 9.56. The van der Waals surface area contributed by atoms with E-state index in [0.717, 1.165) is 22.3 Å². The molecule has 0 N–H and O–H groups in total. The second kappa shape index (κ2) is 18.0. The predicted molar refractivity (Wildman–Crippen MR) is 197 cm³/mol. The van der Waals surface area contributed by atoms with E-state index in [1.165, 1.54) is 0 Å². The Kier molecular flexibility index (Phi) is 13.0. The summed E-state index contributed by atoms with van der Waals surface area (Å²) >= 11 is 3.52. The third-order valence-electron chi connectivity index (χ3n) is 8.51. The van der Waals surface area contributed by atoms with Crippen molar-refractivity contribution in [2.24, 2.45) is 0 Å². The Balaban J connectivity index is 1.38. The predicted octanol–water partition coefficient (Wildman–Crippen LogP) is 8.19. The molecule has 6 atom stereocenters. The summed E-state index contributed by atoms with van der Waals surface area (Å²) in [6.45, 7) is 0.990. The smallest absolute Gasteiger partial charge is 0.196 e. The van der Waals surface area contributed by atoms with Gasteiger partial charge in [0.15, 0.2) is 15.3 Å². The number of ether oxygens (including phenoxy) is 5. The fraction of sp³-hybridized carbons (Fsp3) is 0.268. The van der Waals surface area contributed by atoms with E-state index in [0.29, 0.717) is 12.2 Å². The molecule has 7 nitrogen and oxygen atoms in total. The van der Waals surface area contributed by atoms with Gasteiger partial charge in [-0.15, -0.1) is 0 Å². The van der Waals surface area contributed by atoms with E-state index in [9.17, 15) is 8.42 Å². The first-order chi connectivity index (χ1) is 24.5. The molecule has 9 heteroatoms. The maximum Gasteiger partial charge on any atom is 0.196 e. The minimum absolute atomic E-state index is 0.0647. The quantitative estimate of drug-likeness (QED) is 0.0940. The van der Waals surface area contributed by atoms with Crippen LogP contribution in [0, 0.1) is 0 Å². The second-order valence-electron chi connectivity index (χ2n) is 12.1. The Morgan fingerprint density at radius 1 is 0.520 bits per heavy atom. The zero-order chi connectivity index (χ0) is 34.6. The van der Waals surface area contributed by atoms with E-state index in [2.05, 4.69) is 15.9 Å². The minimum atomic E-state index is -4.11. The number of benzene rings is 5. The zero-order valence-corrected chi connectivity index (χ0v) is 30.0. The highest BCUT2D eigenvalue weighted by molar-refractivity contribution is 9.10. The number of sulfone groups is 1. The van der Waals surface area contributed by atoms with E-state index < -0.39 is 43.8 Å². The molecule has 5 aromatic carbocycles. The van der Waals surface area contributed by atoms with Crippen molar-refractivity contribution in [1.82, 2.24) is 0 Å². The van der Waals surface area contributed by atoms with Crippen LogP contribution in [0.3, 0.4) is 0 Å². The lowest BCUT2D eigenvalue weighted by atomic mass is 9.98. The second-order valence-corrected chi connectivity index (χ2v) is 15.8. The van der Waals surface area contributed by atoms with Crippen molar-refractivity contribution in [2.45, 2.75) is 60.4 Å². The van der Waals surface area contributed by atoms with Crippen molar-refractivity contribution in [3.63, 3.8) is 0 Å². The molecule has 0 radical (unpaired) electrons. The lowest BCUT2D eigenvalue weighted by Crippen LogP contribution is -2.63. The first kappa shape index (κ1) is 36.1. The zero-order valence-electron chi connectivity index (χ0n) is 27.6. The standard InChI is InChI=1S/C41H41BrO7S/c42-40(35-24-14-5-15-25-35)50(43,44)41-39(48-29-34-22-12-4-13-23-34)38(47-28-33-20-10-3-11-21-33)37(46-27-32-18-8-2-9-19-32)36(49-41)30-45-26-31-16-6-1-7-17-31/h1-25,36-41H,26-30H2/t36-,37-,38+,39-,40?,41+/m1/s1. The molecule has 1 fully saturated rings. The summed E-state index contributed by atoms with van der Waals surface area (Å²) < 4.78 is 61.1. The van der Waals surface area contributed by atoms with Crippen LogP contribution >= 0.6 is 15.9 Å². The van der Waals surface area contributed by atoms with Gasteiger partial charge in [0.1, 0.15) is 28.6 Å². The summed E-state index contributed by atoms with van der Waals surface area (Å²) in [4.78, 5) is 0. The highest BCUT2D eigenvalue weighted by Gasteiger charge is 2.54. The molecule has 260 valence electrons. The van der Waals surface area contributed by atoms with Gasteiger partial charge in [0.2, 0.25) is 0 Å². The summed E-state index contributed by atoms with van der Waals surface area (Å²) in [5.74, 6) is 0. The van der Waals surface area contributed by atoms with Gasteiger partial charge < -0.3 is 23.7 Å². The first-order valence-electron chi connectivity index (χ1n) is 16.6. The number of halogens is 1. The molecule has 0 aliphatic carbocycles. The molecule has 1 aliphatic rings. The maximum absolute atomic E-state index is 14.7. The van der Waals surface area contributed by atoms with Crippen molar-refractivity contribution in [2.75, 3.05) is 6.61 Å². The van der Waals surface area contributed by atoms with Crippen molar-refractivity contribution in [3.05, 3.63) is 179 Å². The van der Waals surface area contributed by atoms with Crippen LogP contribution in [-0.2, 0) is 59.9 Å². The van der Waals surface area contributed by atoms with Gasteiger partial charge in [0, 0.05) is 0 Å². The number of alkyl halides is 1. The van der Waals surface area contributed by atoms with Gasteiger partial charge in [-0.25, -0.2) is 8.42 Å². The molecule has 0 amide bonds. The molecule has 1 heterocycles. The van der Waals surface area contributed by atoms with Crippen LogP contribution in [-0.4, -0.2) is 44.9 Å². The van der Waals surface area contributed by atoms with Gasteiger partial charge in [-0.3, -0.25) is 0 Å². The van der Waals surface area contributed by atoms with E-state index >= 15 is 0 Å². The highest BCUT2D eigenvalue weighted by Crippen LogP contribution is 2.40. The van der Waals surface area contributed by atoms with E-state index in [1.807, 2.05) is 140 Å².